The van der Waals surface area contributed by atoms with Crippen molar-refractivity contribution in [1.82, 2.24) is 9.55 Å². The van der Waals surface area contributed by atoms with Gasteiger partial charge in [-0.3, -0.25) is 4.57 Å². The van der Waals surface area contributed by atoms with Crippen LogP contribution in [0.5, 0.6) is 5.75 Å². The number of rotatable bonds is 5. The first kappa shape index (κ1) is 14.0. The van der Waals surface area contributed by atoms with Gasteiger partial charge in [0.05, 0.1) is 5.56 Å². The summed E-state index contributed by atoms with van der Waals surface area (Å²) in [6.45, 7) is -1.16. The Morgan fingerprint density at radius 2 is 2.25 bits per heavy atom. The zero-order chi connectivity index (χ0) is 14.7. The molecule has 0 saturated heterocycles. The zero-order valence-corrected chi connectivity index (χ0v) is 10.6. The number of benzene rings is 1. The molecule has 0 saturated carbocycles. The van der Waals surface area contributed by atoms with Crippen LogP contribution in [0.4, 0.5) is 8.78 Å². The Labute approximate surface area is 113 Å². The molecule has 1 N–H and O–H groups in total. The van der Waals surface area contributed by atoms with Crippen molar-refractivity contribution in [1.29, 1.82) is 0 Å². The van der Waals surface area contributed by atoms with Crippen molar-refractivity contribution >= 4 is 5.97 Å². The summed E-state index contributed by atoms with van der Waals surface area (Å²) in [4.78, 5) is 14.6. The molecule has 0 amide bonds. The van der Waals surface area contributed by atoms with Gasteiger partial charge in [-0.1, -0.05) is 0 Å². The topological polar surface area (TPSA) is 64.4 Å². The summed E-state index contributed by atoms with van der Waals surface area (Å²) >= 11 is 0. The first-order chi connectivity index (χ1) is 9.49. The predicted octanol–water partition coefficient (Wildman–Crippen LogP) is 2.86. The van der Waals surface area contributed by atoms with E-state index in [0.29, 0.717) is 15.9 Å². The minimum atomic E-state index is -2.67. The summed E-state index contributed by atoms with van der Waals surface area (Å²) in [5, 5.41) is 8.90. The van der Waals surface area contributed by atoms with Gasteiger partial charge in [0.1, 0.15) is 12.4 Å². The standard InChI is InChI=1S/C13H12F2N2O3/c1-8-6-9(2-3-10(8)12(18)19)20-7-11-16-4-5-17(11)13(14)15/h2-6,13H,7H2,1H3,(H,18,19). The van der Waals surface area contributed by atoms with Gasteiger partial charge in [0, 0.05) is 12.4 Å². The average Bonchev–Trinajstić information content (AvgIpc) is 2.84. The number of imidazole rings is 1. The maximum atomic E-state index is 12.6. The Morgan fingerprint density at radius 1 is 1.50 bits per heavy atom. The van der Waals surface area contributed by atoms with Gasteiger partial charge in [-0.15, -0.1) is 0 Å². The lowest BCUT2D eigenvalue weighted by Crippen LogP contribution is -2.07. The smallest absolute Gasteiger partial charge is 0.335 e. The maximum absolute atomic E-state index is 12.6. The number of ether oxygens (including phenoxy) is 1. The molecule has 0 spiro atoms. The Hall–Kier alpha value is -2.44. The quantitative estimate of drug-likeness (QED) is 0.915. The molecule has 0 aliphatic rings. The van der Waals surface area contributed by atoms with E-state index in [1.807, 2.05) is 0 Å². The van der Waals surface area contributed by atoms with Gasteiger partial charge in [-0.05, 0) is 30.7 Å². The summed E-state index contributed by atoms with van der Waals surface area (Å²) in [5.74, 6) is -0.529. The summed E-state index contributed by atoms with van der Waals surface area (Å²) in [5.41, 5.74) is 0.707. The summed E-state index contributed by atoms with van der Waals surface area (Å²) in [6.07, 6.45) is 2.44. The third-order valence-electron chi connectivity index (χ3n) is 2.76. The fraction of sp³-hybridized carbons (Fsp3) is 0.231. The number of nitrogens with zero attached hydrogens (tertiary/aromatic N) is 2. The van der Waals surface area contributed by atoms with E-state index in [0.717, 1.165) is 0 Å². The number of alkyl halides is 2. The minimum absolute atomic E-state index is 0.0972. The molecule has 0 atom stereocenters. The summed E-state index contributed by atoms with van der Waals surface area (Å²) < 4.78 is 31.2. The van der Waals surface area contributed by atoms with Gasteiger partial charge < -0.3 is 9.84 Å². The van der Waals surface area contributed by atoms with E-state index in [4.69, 9.17) is 9.84 Å². The van der Waals surface area contributed by atoms with Crippen molar-refractivity contribution in [2.75, 3.05) is 0 Å². The first-order valence-corrected chi connectivity index (χ1v) is 5.75. The van der Waals surface area contributed by atoms with E-state index in [-0.39, 0.29) is 18.0 Å². The molecule has 2 aromatic rings. The minimum Gasteiger partial charge on any atom is -0.486 e. The van der Waals surface area contributed by atoms with Crippen LogP contribution in [-0.2, 0) is 6.61 Å². The van der Waals surface area contributed by atoms with E-state index in [1.54, 1.807) is 13.0 Å². The van der Waals surface area contributed by atoms with Crippen LogP contribution >= 0.6 is 0 Å². The number of aromatic nitrogens is 2. The fourth-order valence-electron chi connectivity index (χ4n) is 1.75. The highest BCUT2D eigenvalue weighted by Gasteiger charge is 2.12. The number of carbonyl (C=O) groups is 1. The average molecular weight is 282 g/mol. The lowest BCUT2D eigenvalue weighted by Gasteiger charge is -2.09. The van der Waals surface area contributed by atoms with Gasteiger partial charge >= 0.3 is 12.5 Å². The molecular weight excluding hydrogens is 270 g/mol. The van der Waals surface area contributed by atoms with E-state index in [1.165, 1.54) is 24.5 Å². The molecule has 7 heteroatoms. The molecule has 1 heterocycles. The predicted molar refractivity (Wildman–Crippen MR) is 66.0 cm³/mol. The SMILES string of the molecule is Cc1cc(OCc2nccn2C(F)F)ccc1C(=O)O. The second-order valence-electron chi connectivity index (χ2n) is 4.10. The normalized spacial score (nSPS) is 10.8. The van der Waals surface area contributed by atoms with Gasteiger partial charge in [0.25, 0.3) is 0 Å². The number of aryl methyl sites for hydroxylation is 1. The molecule has 0 unspecified atom stereocenters. The third kappa shape index (κ3) is 2.93. The number of aromatic carboxylic acids is 1. The lowest BCUT2D eigenvalue weighted by molar-refractivity contribution is 0.0631. The molecule has 2 rings (SSSR count). The van der Waals surface area contributed by atoms with Crippen molar-refractivity contribution in [2.24, 2.45) is 0 Å². The summed E-state index contributed by atoms with van der Waals surface area (Å²) in [7, 11) is 0. The second-order valence-corrected chi connectivity index (χ2v) is 4.10. The van der Waals surface area contributed by atoms with Gasteiger partial charge in [0.2, 0.25) is 0 Å². The highest BCUT2D eigenvalue weighted by Crippen LogP contribution is 2.19. The molecule has 20 heavy (non-hydrogen) atoms. The van der Waals surface area contributed by atoms with E-state index in [2.05, 4.69) is 4.98 Å². The maximum Gasteiger partial charge on any atom is 0.335 e. The van der Waals surface area contributed by atoms with Crippen LogP contribution in [0.25, 0.3) is 0 Å². The zero-order valence-electron chi connectivity index (χ0n) is 10.6. The van der Waals surface area contributed by atoms with E-state index < -0.39 is 12.5 Å². The van der Waals surface area contributed by atoms with Crippen LogP contribution in [0.3, 0.4) is 0 Å². The van der Waals surface area contributed by atoms with E-state index >= 15 is 0 Å². The van der Waals surface area contributed by atoms with Crippen molar-refractivity contribution < 1.29 is 23.4 Å². The Balaban J connectivity index is 2.09. The molecule has 106 valence electrons. The Morgan fingerprint density at radius 3 is 2.85 bits per heavy atom. The largest absolute Gasteiger partial charge is 0.486 e. The first-order valence-electron chi connectivity index (χ1n) is 5.75. The monoisotopic (exact) mass is 282 g/mol. The number of carboxylic acids is 1. The fourth-order valence-corrected chi connectivity index (χ4v) is 1.75. The molecule has 1 aromatic heterocycles. The number of hydrogen-bond donors (Lipinski definition) is 1. The van der Waals surface area contributed by atoms with Gasteiger partial charge in [0.15, 0.2) is 5.82 Å². The van der Waals surface area contributed by atoms with E-state index in [9.17, 15) is 13.6 Å². The van der Waals surface area contributed by atoms with Crippen molar-refractivity contribution in [3.63, 3.8) is 0 Å². The number of halogens is 2. The Bertz CT molecular complexity index is 626. The molecule has 5 nitrogen and oxygen atoms in total. The number of carboxylic acid groups (broad SMARTS) is 1. The third-order valence-corrected chi connectivity index (χ3v) is 2.76. The second kappa shape index (κ2) is 5.68. The molecule has 0 aliphatic heterocycles. The highest BCUT2D eigenvalue weighted by atomic mass is 19.3. The van der Waals surface area contributed by atoms with Gasteiger partial charge in [-0.2, -0.15) is 8.78 Å². The van der Waals surface area contributed by atoms with Crippen LogP contribution < -0.4 is 4.74 Å². The summed E-state index contributed by atoms with van der Waals surface area (Å²) in [6, 6.07) is 4.43. The molecule has 0 fully saturated rings. The van der Waals surface area contributed by atoms with Crippen molar-refractivity contribution in [2.45, 2.75) is 20.1 Å². The van der Waals surface area contributed by atoms with Crippen molar-refractivity contribution in [3.05, 3.63) is 47.5 Å². The van der Waals surface area contributed by atoms with Crippen LogP contribution in [0.2, 0.25) is 0 Å². The van der Waals surface area contributed by atoms with Crippen LogP contribution in [0, 0.1) is 6.92 Å². The molecule has 0 bridgehead atoms. The lowest BCUT2D eigenvalue weighted by atomic mass is 10.1. The number of hydrogen-bond acceptors (Lipinski definition) is 3. The van der Waals surface area contributed by atoms with Crippen LogP contribution in [0.1, 0.15) is 28.3 Å². The molecule has 1 aromatic carbocycles. The molecule has 0 aliphatic carbocycles. The highest BCUT2D eigenvalue weighted by molar-refractivity contribution is 5.89. The van der Waals surface area contributed by atoms with Crippen LogP contribution in [0.15, 0.2) is 30.6 Å². The Kier molecular flexibility index (Phi) is 3.97. The van der Waals surface area contributed by atoms with Crippen LogP contribution in [-0.4, -0.2) is 20.6 Å². The van der Waals surface area contributed by atoms with Gasteiger partial charge in [-0.25, -0.2) is 9.78 Å². The molecular formula is C13H12F2N2O3. The van der Waals surface area contributed by atoms with Crippen molar-refractivity contribution in [3.8, 4) is 5.75 Å². The molecule has 0 radical (unpaired) electrons.